The van der Waals surface area contributed by atoms with Crippen LogP contribution in [0.2, 0.25) is 0 Å². The van der Waals surface area contributed by atoms with Crippen molar-refractivity contribution in [3.05, 3.63) is 248 Å². The quantitative estimate of drug-likeness (QED) is 0.0311. The SMILES string of the molecule is C#Cc1cn([C@@H]2O[C@](F)(COP3(=O)OCc4cccc(C)c4O3)C[C@H]2O)c(=O)[nH]c1=O.[2H]C([2H])(OP1(=O)OCc2cccc(C)c2O1)[C@]1(F)C[C@@H](O)[C@H](n2cc(C#C)c(=O)[nH]c2=O)O1.[2H]C([2H])(OP1(=O)OCc2cccc(C)c2O1)[C@]1(F)C[C@@H](O)[C@]([2H])(n2cc(C#C)c(=O)[nH]c2=O)O1.[2H][C@@]1(n2cc(C#C)c(=O)[nH]c2=O)O[C@](F)(COP2(=O)OCc3cccc(C)c3O2)C[C@H]1O. The van der Waals surface area contributed by atoms with Crippen LogP contribution in [-0.4, -0.2) is 133 Å². The summed E-state index contributed by atoms with van der Waals surface area (Å²) in [6, 6.07) is 20.4. The maximum absolute atomic E-state index is 15.8. The summed E-state index contributed by atoms with van der Waals surface area (Å²) in [5, 5.41) is 41.3. The molecule has 0 amide bonds. The van der Waals surface area contributed by atoms with Gasteiger partial charge in [-0.05, 0) is 49.9 Å². The monoisotopic (exact) mass is 1810 g/mol. The van der Waals surface area contributed by atoms with E-state index < -0.39 is 207 Å². The maximum atomic E-state index is 15.8. The molecule has 4 saturated heterocycles. The lowest BCUT2D eigenvalue weighted by molar-refractivity contribution is -0.179. The molecule has 8 N–H and O–H groups in total. The van der Waals surface area contributed by atoms with E-state index in [1.165, 1.54) is 0 Å². The van der Waals surface area contributed by atoms with E-state index in [2.05, 4.69) is 5.92 Å². The van der Waals surface area contributed by atoms with Crippen LogP contribution in [-0.2, 0) is 99.8 Å². The highest BCUT2D eigenvalue weighted by atomic mass is 31.2. The summed E-state index contributed by atoms with van der Waals surface area (Å²) in [4.78, 5) is 103. The van der Waals surface area contributed by atoms with Gasteiger partial charge in [0.05, 0.1) is 34.7 Å². The zero-order valence-corrected chi connectivity index (χ0v) is 68.0. The third kappa shape index (κ3) is 19.7. The Bertz CT molecular complexity index is 6820. The van der Waals surface area contributed by atoms with Crippen LogP contribution in [0.15, 0.2) is 136 Å². The Labute approximate surface area is 703 Å². The van der Waals surface area contributed by atoms with E-state index in [0.29, 0.717) is 75.9 Å². The number of hydrogen-bond donors (Lipinski definition) is 8. The number of phosphoric acid groups is 4. The fraction of sp³-hybridized carbons (Fsp3) is 0.368. The molecular weight excluding hydrogens is 1740 g/mol. The van der Waals surface area contributed by atoms with Crippen LogP contribution < -0.4 is 63.1 Å². The molecule has 0 radical (unpaired) electrons. The molecule has 40 nitrogen and oxygen atoms in total. The number of hydrogen-bond acceptors (Lipinski definition) is 32. The van der Waals surface area contributed by atoms with Crippen molar-refractivity contribution in [1.29, 1.82) is 0 Å². The molecule has 4 fully saturated rings. The summed E-state index contributed by atoms with van der Waals surface area (Å²) in [7, 11) is -17.8. The third-order valence-electron chi connectivity index (χ3n) is 18.8. The maximum Gasteiger partial charge on any atom is 0.530 e. The molecule has 4 aromatic heterocycles. The van der Waals surface area contributed by atoms with Crippen LogP contribution in [0.3, 0.4) is 0 Å². The highest BCUT2D eigenvalue weighted by Gasteiger charge is 2.55. The third-order valence-corrected chi connectivity index (χ3v) is 23.7. The normalized spacial score (nSPS) is 31.9. The lowest BCUT2D eigenvalue weighted by Gasteiger charge is -2.28. The lowest BCUT2D eigenvalue weighted by atomic mass is 10.1. The minimum Gasteiger partial charge on any atom is -0.403 e. The molecule has 124 heavy (non-hydrogen) atoms. The molecule has 4 unspecified atom stereocenters. The average Bonchev–Trinajstić information content (AvgIpc) is 1.57. The Morgan fingerprint density at radius 1 is 0.411 bits per heavy atom. The summed E-state index contributed by atoms with van der Waals surface area (Å²) in [6.45, 7) is -2.91. The van der Waals surface area contributed by atoms with Gasteiger partial charge in [-0.25, -0.2) is 55.0 Å². The van der Waals surface area contributed by atoms with Gasteiger partial charge >= 0.3 is 54.0 Å². The molecule has 48 heteroatoms. The second kappa shape index (κ2) is 35.6. The minimum atomic E-state index is -4.73. The molecule has 16 rings (SSSR count). The number of alkyl halides is 4. The lowest BCUT2D eigenvalue weighted by Crippen LogP contribution is -2.37. The standard InChI is InChI=1S/4C19H18FN2O8P/c4*1-3-12-8-22(18(25)21-16(12)24)17-14(23)7-19(20,29-17)10-28-31(26)27-9-13-6-4-5-11(2)15(13)30-31/h4*1,4-6,8,14,17,23H,7,9-10H2,2H3,(H,21,24,25)/t4*14-,17-,19+,31?/m1111/s1/i10D2,17D;17D;10D2;. The molecule has 0 bridgehead atoms. The van der Waals surface area contributed by atoms with Gasteiger partial charge in [0.15, 0.2) is 24.9 Å². The van der Waals surface area contributed by atoms with Gasteiger partial charge in [0, 0.05) is 72.7 Å². The number of aliphatic hydroxyl groups is 4. The highest BCUT2D eigenvalue weighted by Crippen LogP contribution is 2.61. The smallest absolute Gasteiger partial charge is 0.403 e. The number of nitrogens with zero attached hydrogens (tertiary/aromatic N) is 4. The first-order valence-corrected chi connectivity index (χ1v) is 41.9. The van der Waals surface area contributed by atoms with E-state index in [1.807, 2.05) is 32.7 Å². The van der Waals surface area contributed by atoms with Crippen LogP contribution in [0, 0.1) is 77.1 Å². The minimum absolute atomic E-state index is 0.0542. The number of H-pyrrole nitrogens is 4. The van der Waals surface area contributed by atoms with Crippen molar-refractivity contribution in [1.82, 2.24) is 38.2 Å². The molecule has 4 aromatic carbocycles. The number of fused-ring (bicyclic) bond motifs is 4. The van der Waals surface area contributed by atoms with Crippen molar-refractivity contribution in [3.63, 3.8) is 0 Å². The van der Waals surface area contributed by atoms with Gasteiger partial charge in [0.2, 0.25) is 23.4 Å². The van der Waals surface area contributed by atoms with Crippen LogP contribution >= 0.6 is 31.3 Å². The zero-order valence-electron chi connectivity index (χ0n) is 70.4. The van der Waals surface area contributed by atoms with E-state index in [-0.39, 0.29) is 54.6 Å². The summed E-state index contributed by atoms with van der Waals surface area (Å²) in [6.07, 6.45) is 4.23. The number of benzene rings is 4. The van der Waals surface area contributed by atoms with Gasteiger partial charge in [-0.2, -0.15) is 0 Å². The van der Waals surface area contributed by atoms with Crippen molar-refractivity contribution in [2.45, 2.75) is 153 Å². The Kier molecular flexibility index (Phi) is 23.7. The zero-order chi connectivity index (χ0) is 95.0. The fourth-order valence-corrected chi connectivity index (χ4v) is 17.7. The largest absolute Gasteiger partial charge is 0.530 e. The predicted octanol–water partition coefficient (Wildman–Crippen LogP) is 6.02. The van der Waals surface area contributed by atoms with Crippen LogP contribution in [0.4, 0.5) is 17.6 Å². The van der Waals surface area contributed by atoms with Gasteiger partial charge in [0.1, 0.15) is 96.0 Å². The Hall–Kier alpha value is -11.0. The fourth-order valence-electron chi connectivity index (χ4n) is 12.8. The number of rotatable bonds is 16. The highest BCUT2D eigenvalue weighted by molar-refractivity contribution is 7.49. The summed E-state index contributed by atoms with van der Waals surface area (Å²) in [5.74, 6) is -3.51. The van der Waals surface area contributed by atoms with Crippen molar-refractivity contribution >= 4 is 31.3 Å². The van der Waals surface area contributed by atoms with Crippen molar-refractivity contribution in [3.8, 4) is 72.4 Å². The predicted molar refractivity (Wildman–Crippen MR) is 416 cm³/mol. The van der Waals surface area contributed by atoms with E-state index in [4.69, 9.17) is 107 Å². The molecule has 8 aromatic rings. The number of terminal acetylenes is 4. The Balaban J connectivity index is 0.000000148. The van der Waals surface area contributed by atoms with Crippen molar-refractivity contribution in [2.75, 3.05) is 26.3 Å². The number of nitrogens with one attached hydrogen (secondary N) is 4. The molecular formula is C76H72F4N8O32P4. The number of aliphatic hydroxyl groups excluding tert-OH is 4. The number of phosphoric ester groups is 4. The van der Waals surface area contributed by atoms with Gasteiger partial charge < -0.3 is 57.5 Å². The molecule has 16 atom stereocenters. The van der Waals surface area contributed by atoms with Gasteiger partial charge in [-0.15, -0.1) is 25.7 Å². The van der Waals surface area contributed by atoms with Crippen LogP contribution in [0.1, 0.15) is 126 Å². The van der Waals surface area contributed by atoms with Gasteiger partial charge in [0.25, 0.3) is 22.2 Å². The first kappa shape index (κ1) is 82.6. The van der Waals surface area contributed by atoms with Gasteiger partial charge in [-0.3, -0.25) is 93.6 Å². The van der Waals surface area contributed by atoms with Crippen LogP contribution in [0.25, 0.3) is 0 Å². The summed E-state index contributed by atoms with van der Waals surface area (Å²) < 4.78 is 246. The van der Waals surface area contributed by atoms with Gasteiger partial charge in [-0.1, -0.05) is 96.5 Å². The number of aryl methyl sites for hydroxylation is 4. The number of halogens is 4. The van der Waals surface area contributed by atoms with E-state index in [9.17, 15) is 77.0 Å². The molecule has 656 valence electrons. The van der Waals surface area contributed by atoms with Crippen molar-refractivity contribution in [2.24, 2.45) is 0 Å². The number of para-hydroxylation sites is 4. The molecule has 8 aliphatic rings. The van der Waals surface area contributed by atoms with E-state index in [0.717, 1.165) is 23.2 Å². The first-order valence-electron chi connectivity index (χ1n) is 39.1. The van der Waals surface area contributed by atoms with Crippen molar-refractivity contribution < 1.29 is 138 Å². The second-order valence-corrected chi connectivity index (χ2v) is 34.1. The summed E-state index contributed by atoms with van der Waals surface area (Å²) >= 11 is 0. The first-order chi connectivity index (χ1) is 60.7. The Morgan fingerprint density at radius 2 is 0.661 bits per heavy atom. The molecule has 12 heterocycles. The van der Waals surface area contributed by atoms with E-state index >= 15 is 17.6 Å². The van der Waals surface area contributed by atoms with Crippen LogP contribution in [0.5, 0.6) is 23.0 Å². The molecule has 0 aliphatic carbocycles. The number of aromatic nitrogens is 8. The Morgan fingerprint density at radius 3 is 0.984 bits per heavy atom. The summed E-state index contributed by atoms with van der Waals surface area (Å²) in [5.41, 5.74) is -4.42. The second-order valence-electron chi connectivity index (χ2n) is 27.9. The average molecular weight is 1820 g/mol. The topological polar surface area (TPSA) is 516 Å². The number of aromatic amines is 4. The molecule has 8 aliphatic heterocycles. The van der Waals surface area contributed by atoms with E-state index in [1.54, 1.807) is 105 Å². The molecule has 0 saturated carbocycles. The number of ether oxygens (including phenoxy) is 4. The molecule has 0 spiro atoms.